The molecule has 0 saturated carbocycles. The van der Waals surface area contributed by atoms with Crippen LogP contribution in [0.1, 0.15) is 120 Å². The first kappa shape index (κ1) is 102. The summed E-state index contributed by atoms with van der Waals surface area (Å²) in [6.07, 6.45) is 4.92. The molecule has 8 aliphatic heterocycles. The van der Waals surface area contributed by atoms with Crippen LogP contribution >= 0.6 is 100 Å². The van der Waals surface area contributed by atoms with Crippen molar-refractivity contribution in [1.29, 1.82) is 0 Å². The molecule has 32 nitrogen and oxygen atoms in total. The topological polar surface area (TPSA) is 416 Å². The van der Waals surface area contributed by atoms with Gasteiger partial charge in [0.15, 0.2) is 43.4 Å². The summed E-state index contributed by atoms with van der Waals surface area (Å²) in [5.74, 6) is -7.89. The number of esters is 4. The molecular formula is C88H84Br2Cl2F8N16O16S4. The Balaban J connectivity index is 0.000000153. The van der Waals surface area contributed by atoms with E-state index < -0.39 is 131 Å². The van der Waals surface area contributed by atoms with E-state index in [-0.39, 0.29) is 150 Å². The Hall–Kier alpha value is -11.2. The summed E-state index contributed by atoms with van der Waals surface area (Å²) in [6.45, 7) is 6.65. The van der Waals surface area contributed by atoms with E-state index in [1.807, 2.05) is 0 Å². The molecule has 12 heterocycles. The van der Waals surface area contributed by atoms with Crippen molar-refractivity contribution in [3.05, 3.63) is 249 Å². The number of aromatic nitrogens is 4. The number of hydrogen-bond acceptors (Lipinski definition) is 32. The molecule has 0 bridgehead atoms. The Morgan fingerprint density at radius 2 is 0.669 bits per heavy atom. The maximum absolute atomic E-state index is 14.9. The molecule has 4 atom stereocenters. The van der Waals surface area contributed by atoms with E-state index in [1.54, 1.807) is 93.6 Å². The molecular weight excluding hydrogens is 2050 g/mol. The molecule has 720 valence electrons. The number of amidine groups is 4. The van der Waals surface area contributed by atoms with Crippen LogP contribution in [0.4, 0.5) is 35.1 Å². The first-order valence-electron chi connectivity index (χ1n) is 41.7. The zero-order valence-electron chi connectivity index (χ0n) is 72.2. The lowest BCUT2D eigenvalue weighted by molar-refractivity contribution is -0.163. The van der Waals surface area contributed by atoms with Crippen molar-refractivity contribution in [2.24, 2.45) is 20.0 Å². The number of aliphatic imine (C=N–C) groups is 4. The number of likely N-dealkylation sites (tertiary alicyclic amines) is 4. The van der Waals surface area contributed by atoms with Crippen LogP contribution in [0.25, 0.3) is 0 Å². The maximum Gasteiger partial charge on any atom is 0.344 e. The molecule has 4 aromatic heterocycles. The average molecular weight is 2130 g/mol. The summed E-state index contributed by atoms with van der Waals surface area (Å²) in [7, 11) is 0. The molecule has 16 rings (SSSR count). The second-order valence-corrected chi connectivity index (χ2v) is 37.9. The van der Waals surface area contributed by atoms with Gasteiger partial charge in [-0.3, -0.25) is 54.0 Å². The van der Waals surface area contributed by atoms with Crippen molar-refractivity contribution in [3.8, 4) is 0 Å². The number of halogens is 12. The zero-order chi connectivity index (χ0) is 97.8. The molecule has 0 amide bonds. The van der Waals surface area contributed by atoms with Gasteiger partial charge in [-0.2, -0.15) is 0 Å². The zero-order valence-corrected chi connectivity index (χ0v) is 80.2. The van der Waals surface area contributed by atoms with E-state index >= 15 is 0 Å². The fourth-order valence-corrected chi connectivity index (χ4v) is 20.0. The summed E-state index contributed by atoms with van der Waals surface area (Å²) < 4.78 is 135. The lowest BCUT2D eigenvalue weighted by atomic mass is 9.89. The minimum absolute atomic E-state index is 0.0211. The first-order chi connectivity index (χ1) is 64.8. The molecule has 0 spiro atoms. The van der Waals surface area contributed by atoms with Gasteiger partial charge in [0.1, 0.15) is 64.4 Å². The number of ether oxygens (including phenoxy) is 4. The number of benzene rings is 4. The SMILES string of the molecule is CCOC(=O)C1=C(CN2CC(F)(C(=O)O)C2)NC(c2nccs2)=N[C@H]1c1ccc(F)cc1Br.CCOC(=O)C1=C(CN2CC(F)(CC(=O)O)C2)NC(c2nccs2)=N[C@H]1c1ccc(F)cc1Br.CCOC(=O)C1=C(CN2CC(F)(CC(=O)O)C2)NC(c2nccs2)=N[C@H]1c1ccc(F)cc1Cl.CCOC(=O)C1=C(CN2CC(F)(CCC(=O)O)C2)NC(c2nccs2)=N[C@H]1c1ccc(F)cc1Cl. The Bertz CT molecular complexity index is 5940. The van der Waals surface area contributed by atoms with Crippen LogP contribution in [-0.4, -0.2) is 259 Å². The normalized spacial score (nSPS) is 19.8. The Labute approximate surface area is 813 Å². The second kappa shape index (κ2) is 44.5. The van der Waals surface area contributed by atoms with Gasteiger partial charge in [0.05, 0.1) is 61.6 Å². The van der Waals surface area contributed by atoms with E-state index in [2.05, 4.69) is 88.0 Å². The molecule has 8 aromatic rings. The number of alkyl halides is 4. The first-order valence-corrected chi connectivity index (χ1v) is 47.6. The fourth-order valence-electron chi connectivity index (χ4n) is 15.9. The van der Waals surface area contributed by atoms with E-state index in [0.717, 1.165) is 12.1 Å². The summed E-state index contributed by atoms with van der Waals surface area (Å²) in [5, 5.41) is 57.9. The van der Waals surface area contributed by atoms with Crippen LogP contribution in [0, 0.1) is 23.3 Å². The molecule has 4 aromatic carbocycles. The lowest BCUT2D eigenvalue weighted by Crippen LogP contribution is -2.64. The van der Waals surface area contributed by atoms with Gasteiger partial charge in [0, 0.05) is 184 Å². The third-order valence-electron chi connectivity index (χ3n) is 21.7. The molecule has 4 saturated heterocycles. The number of aliphatic carboxylic acids is 4. The van der Waals surface area contributed by atoms with Gasteiger partial charge in [-0.1, -0.05) is 79.3 Å². The third-order valence-corrected chi connectivity index (χ3v) is 26.8. The third kappa shape index (κ3) is 24.9. The molecule has 0 unspecified atom stereocenters. The predicted molar refractivity (Wildman–Crippen MR) is 494 cm³/mol. The van der Waals surface area contributed by atoms with Crippen molar-refractivity contribution >= 4 is 172 Å². The number of carbonyl (C=O) groups excluding carboxylic acids is 4. The van der Waals surface area contributed by atoms with E-state index in [0.29, 0.717) is 97.4 Å². The number of nitrogens with one attached hydrogen (secondary N) is 4. The highest BCUT2D eigenvalue weighted by Crippen LogP contribution is 2.45. The molecule has 0 aliphatic carbocycles. The summed E-state index contributed by atoms with van der Waals surface area (Å²) in [6, 6.07) is 12.3. The van der Waals surface area contributed by atoms with Crippen LogP contribution in [0.3, 0.4) is 0 Å². The van der Waals surface area contributed by atoms with Crippen LogP contribution < -0.4 is 21.3 Å². The largest absolute Gasteiger partial charge is 0.481 e. The van der Waals surface area contributed by atoms with Crippen LogP contribution in [-0.2, 0) is 57.3 Å². The van der Waals surface area contributed by atoms with E-state index in [9.17, 15) is 73.5 Å². The highest BCUT2D eigenvalue weighted by Gasteiger charge is 2.53. The standard InChI is InChI=1S/C23H23ClF2N4O4S.C22H21BrF2N4O4S.C22H21ClF2N4O4S.C21H19BrF2N4O4S/c1-2-34-22(33)18-16(10-30-11-23(26,12-30)6-5-17(31)32)28-20(21-27-7-8-35-21)29-19(18)14-4-3-13(25)9-15(14)24;2*1-2-33-21(32)17-15(9-29-10-22(25,11-29)8-16(30)31)27-19(20-26-5-6-34-20)28-18(17)13-4-3-12(24)7-14(13)23;1-2-32-19(29)15-14(8-28-9-21(24,10-28)20(30)31)26-17(18-25-5-6-33-18)27-16(15)12-4-3-11(23)7-13(12)22/h3-4,7-9,19H,2,5-6,10-12H2,1H3,(H,28,29)(H,31,32);2*3-7,18H,2,8-11H2,1H3,(H,27,28)(H,30,31);3-7,16H,2,8-10H2,1H3,(H,26,27)(H,30,31)/t19-;2*18-;16-/m0000/s1. The number of carbonyl (C=O) groups is 8. The van der Waals surface area contributed by atoms with Crippen molar-refractivity contribution in [1.82, 2.24) is 60.8 Å². The molecule has 136 heavy (non-hydrogen) atoms. The van der Waals surface area contributed by atoms with Gasteiger partial charge >= 0.3 is 47.8 Å². The minimum atomic E-state index is -2.33. The van der Waals surface area contributed by atoms with Crippen LogP contribution in [0.15, 0.2) is 193 Å². The number of carboxylic acids is 4. The predicted octanol–water partition coefficient (Wildman–Crippen LogP) is 13.6. The smallest absolute Gasteiger partial charge is 0.344 e. The number of hydrogen-bond donors (Lipinski definition) is 8. The minimum Gasteiger partial charge on any atom is -0.481 e. The van der Waals surface area contributed by atoms with Gasteiger partial charge in [-0.05, 0) is 93.8 Å². The fraction of sp³-hybridized carbons (Fsp3) is 0.364. The van der Waals surface area contributed by atoms with Gasteiger partial charge in [-0.15, -0.1) is 45.3 Å². The van der Waals surface area contributed by atoms with Crippen molar-refractivity contribution in [3.63, 3.8) is 0 Å². The lowest BCUT2D eigenvalue weighted by Gasteiger charge is -2.45. The van der Waals surface area contributed by atoms with Gasteiger partial charge in [0.2, 0.25) is 5.67 Å². The molecule has 8 aliphatic rings. The molecule has 4 fully saturated rings. The van der Waals surface area contributed by atoms with Gasteiger partial charge < -0.3 is 60.6 Å². The van der Waals surface area contributed by atoms with E-state index in [4.69, 9.17) is 67.6 Å². The average Bonchev–Trinajstić information content (AvgIpc) is 1.12. The Morgan fingerprint density at radius 3 is 0.912 bits per heavy atom. The van der Waals surface area contributed by atoms with Crippen molar-refractivity contribution in [2.75, 3.05) is 105 Å². The van der Waals surface area contributed by atoms with Gasteiger partial charge in [-0.25, -0.2) is 79.0 Å². The van der Waals surface area contributed by atoms with Crippen molar-refractivity contribution in [2.45, 2.75) is 100 Å². The monoisotopic (exact) mass is 2130 g/mol. The maximum atomic E-state index is 14.9. The van der Waals surface area contributed by atoms with Crippen LogP contribution in [0.5, 0.6) is 0 Å². The quantitative estimate of drug-likeness (QED) is 0.0110. The molecule has 8 N–H and O–H groups in total. The summed E-state index contributed by atoms with van der Waals surface area (Å²) in [4.78, 5) is 139. The summed E-state index contributed by atoms with van der Waals surface area (Å²) >= 11 is 24.7. The highest BCUT2D eigenvalue weighted by molar-refractivity contribution is 9.10. The second-order valence-electron chi connectivity index (χ2n) is 31.8. The number of thiazole rings is 4. The number of rotatable bonds is 32. The van der Waals surface area contributed by atoms with E-state index in [1.165, 1.54) is 106 Å². The Kier molecular flexibility index (Phi) is 33.5. The Morgan fingerprint density at radius 1 is 0.404 bits per heavy atom. The number of carboxylic acid groups (broad SMARTS) is 4. The van der Waals surface area contributed by atoms with Crippen molar-refractivity contribution < 1.29 is 113 Å². The molecule has 48 heteroatoms. The number of nitrogens with zero attached hydrogens (tertiary/aromatic N) is 12. The summed E-state index contributed by atoms with van der Waals surface area (Å²) in [5.41, 5.74) is -3.30. The molecule has 0 radical (unpaired) electrons. The van der Waals surface area contributed by atoms with Gasteiger partial charge in [0.25, 0.3) is 0 Å². The highest BCUT2D eigenvalue weighted by atomic mass is 79.9. The van der Waals surface area contributed by atoms with Crippen LogP contribution in [0.2, 0.25) is 10.0 Å².